The fraction of sp³-hybridized carbons (Fsp3) is 0.684. The molecule has 0 saturated carbocycles. The van der Waals surface area contributed by atoms with E-state index in [0.717, 1.165) is 70.8 Å². The van der Waals surface area contributed by atoms with Crippen molar-refractivity contribution in [1.29, 1.82) is 0 Å². The van der Waals surface area contributed by atoms with Gasteiger partial charge in [0.1, 0.15) is 5.75 Å². The van der Waals surface area contributed by atoms with Crippen molar-refractivity contribution in [2.24, 2.45) is 0 Å². The minimum atomic E-state index is 0. The van der Waals surface area contributed by atoms with Gasteiger partial charge in [-0.1, -0.05) is 13.0 Å². The van der Waals surface area contributed by atoms with Crippen LogP contribution in [0.2, 0.25) is 0 Å². The third kappa shape index (κ3) is 4.64. The number of halogens is 1. The van der Waals surface area contributed by atoms with E-state index in [9.17, 15) is 5.11 Å². The molecule has 1 aliphatic heterocycles. The fourth-order valence-electron chi connectivity index (χ4n) is 3.87. The van der Waals surface area contributed by atoms with Crippen LogP contribution >= 0.6 is 17.0 Å². The first kappa shape index (κ1) is 19.5. The quantitative estimate of drug-likeness (QED) is 0.773. The zero-order chi connectivity index (χ0) is 16.1. The van der Waals surface area contributed by atoms with Crippen molar-refractivity contribution in [3.63, 3.8) is 0 Å². The summed E-state index contributed by atoms with van der Waals surface area (Å²) in [7, 11) is 0. The minimum absolute atomic E-state index is 0. The minimum Gasteiger partial charge on any atom is -0.505 e. The van der Waals surface area contributed by atoms with Crippen LogP contribution in [0.4, 0.5) is 5.69 Å². The number of aromatic hydroxyl groups is 1. The molecule has 136 valence electrons. The molecule has 0 atom stereocenters. The number of phenols is 1. The Balaban J connectivity index is 0.00000208. The second-order valence-electron chi connectivity index (χ2n) is 6.86. The van der Waals surface area contributed by atoms with Gasteiger partial charge in [-0.05, 0) is 49.3 Å². The second-order valence-corrected chi connectivity index (χ2v) is 6.86. The number of aryl methyl sites for hydroxylation is 1. The van der Waals surface area contributed by atoms with Crippen LogP contribution in [-0.2, 0) is 12.8 Å². The second kappa shape index (κ2) is 9.64. The van der Waals surface area contributed by atoms with Gasteiger partial charge < -0.3 is 15.3 Å². The Morgan fingerprint density at radius 2 is 1.88 bits per heavy atom. The number of nitrogens with one attached hydrogen (secondary N) is 1. The number of phenolic OH excluding ortho intramolecular Hbond substituents is 1. The lowest BCUT2D eigenvalue weighted by Crippen LogP contribution is -2.46. The molecule has 0 radical (unpaired) electrons. The summed E-state index contributed by atoms with van der Waals surface area (Å²) >= 11 is 0. The van der Waals surface area contributed by atoms with Gasteiger partial charge in [-0.15, -0.1) is 17.0 Å². The lowest BCUT2D eigenvalue weighted by molar-refractivity contribution is 0.245. The highest BCUT2D eigenvalue weighted by molar-refractivity contribution is 8.93. The Morgan fingerprint density at radius 3 is 2.62 bits per heavy atom. The summed E-state index contributed by atoms with van der Waals surface area (Å²) in [6, 6.07) is 4.39. The average molecular weight is 398 g/mol. The van der Waals surface area contributed by atoms with Crippen LogP contribution in [0.25, 0.3) is 0 Å². The van der Waals surface area contributed by atoms with E-state index in [1.54, 1.807) is 0 Å². The molecule has 0 amide bonds. The Morgan fingerprint density at radius 1 is 1.12 bits per heavy atom. The van der Waals surface area contributed by atoms with E-state index in [4.69, 9.17) is 0 Å². The van der Waals surface area contributed by atoms with Crippen LogP contribution in [0, 0.1) is 0 Å². The molecule has 1 aliphatic carbocycles. The molecule has 3 rings (SSSR count). The van der Waals surface area contributed by atoms with E-state index < -0.39 is 0 Å². The molecule has 1 saturated heterocycles. The lowest BCUT2D eigenvalue weighted by atomic mass is 9.90. The van der Waals surface area contributed by atoms with Crippen LogP contribution < -0.4 is 10.2 Å². The summed E-state index contributed by atoms with van der Waals surface area (Å²) in [5.74, 6) is 0.552. The molecule has 5 heteroatoms. The van der Waals surface area contributed by atoms with E-state index in [-0.39, 0.29) is 17.0 Å². The molecule has 24 heavy (non-hydrogen) atoms. The van der Waals surface area contributed by atoms with Crippen LogP contribution in [0.3, 0.4) is 0 Å². The predicted molar refractivity (Wildman–Crippen MR) is 107 cm³/mol. The van der Waals surface area contributed by atoms with Gasteiger partial charge in [0, 0.05) is 45.8 Å². The van der Waals surface area contributed by atoms with Crippen LogP contribution in [-0.4, -0.2) is 55.8 Å². The number of hydrogen-bond donors (Lipinski definition) is 2. The molecule has 4 nitrogen and oxygen atoms in total. The van der Waals surface area contributed by atoms with Gasteiger partial charge >= 0.3 is 0 Å². The van der Waals surface area contributed by atoms with Crippen molar-refractivity contribution in [2.75, 3.05) is 50.7 Å². The molecular weight excluding hydrogens is 366 g/mol. The molecule has 1 aromatic rings. The zero-order valence-electron chi connectivity index (χ0n) is 14.9. The van der Waals surface area contributed by atoms with Gasteiger partial charge in [-0.2, -0.15) is 0 Å². The largest absolute Gasteiger partial charge is 0.505 e. The van der Waals surface area contributed by atoms with E-state index >= 15 is 0 Å². The third-order valence-electron chi connectivity index (χ3n) is 5.21. The van der Waals surface area contributed by atoms with Gasteiger partial charge in [0.25, 0.3) is 0 Å². The molecule has 2 N–H and O–H groups in total. The topological polar surface area (TPSA) is 38.7 Å². The van der Waals surface area contributed by atoms with Crippen molar-refractivity contribution in [3.8, 4) is 5.75 Å². The van der Waals surface area contributed by atoms with Crippen LogP contribution in [0.1, 0.15) is 37.3 Å². The average Bonchev–Trinajstić information content (AvgIpc) is 2.60. The number of nitrogens with zero attached hydrogens (tertiary/aromatic N) is 2. The number of anilines is 1. The van der Waals surface area contributed by atoms with Crippen LogP contribution in [0.15, 0.2) is 12.1 Å². The summed E-state index contributed by atoms with van der Waals surface area (Å²) in [5.41, 5.74) is 3.61. The first-order valence-corrected chi connectivity index (χ1v) is 9.31. The maximum absolute atomic E-state index is 10.8. The fourth-order valence-corrected chi connectivity index (χ4v) is 3.87. The zero-order valence-corrected chi connectivity index (χ0v) is 16.6. The monoisotopic (exact) mass is 397 g/mol. The van der Waals surface area contributed by atoms with Crippen molar-refractivity contribution in [3.05, 3.63) is 23.3 Å². The van der Waals surface area contributed by atoms with Gasteiger partial charge in [-0.25, -0.2) is 0 Å². The number of fused-ring (bicyclic) bond motifs is 1. The molecule has 0 unspecified atom stereocenters. The Kier molecular flexibility index (Phi) is 7.85. The molecule has 1 heterocycles. The van der Waals surface area contributed by atoms with E-state index in [2.05, 4.69) is 34.2 Å². The Bertz CT molecular complexity index is 518. The normalized spacial score (nSPS) is 17.9. The van der Waals surface area contributed by atoms with Crippen molar-refractivity contribution in [1.82, 2.24) is 10.2 Å². The number of rotatable bonds is 6. The van der Waals surface area contributed by atoms with E-state index in [1.807, 2.05) is 0 Å². The predicted octanol–water partition coefficient (Wildman–Crippen LogP) is 2.97. The molecule has 2 aliphatic rings. The first-order chi connectivity index (χ1) is 11.3. The van der Waals surface area contributed by atoms with Crippen LogP contribution in [0.5, 0.6) is 5.75 Å². The van der Waals surface area contributed by atoms with Gasteiger partial charge in [0.15, 0.2) is 0 Å². The highest BCUT2D eigenvalue weighted by Crippen LogP contribution is 2.37. The van der Waals surface area contributed by atoms with Gasteiger partial charge in [-0.3, -0.25) is 4.90 Å². The molecule has 0 aromatic heterocycles. The number of hydrogen-bond acceptors (Lipinski definition) is 4. The highest BCUT2D eigenvalue weighted by Gasteiger charge is 2.20. The molecule has 1 fully saturated rings. The molecular formula is C19H32BrN3O. The first-order valence-electron chi connectivity index (χ1n) is 9.31. The summed E-state index contributed by atoms with van der Waals surface area (Å²) in [4.78, 5) is 4.90. The lowest BCUT2D eigenvalue weighted by Gasteiger charge is -2.32. The smallest absolute Gasteiger partial charge is 0.142 e. The standard InChI is InChI=1S/C19H31N3O.BrH/c1-2-11-22(15-14-21-12-9-20-10-13-21)18-8-7-16-5-3-4-6-17(16)19(18)23;/h7-8,20,23H,2-6,9-15H2,1H3;1H. The van der Waals surface area contributed by atoms with Crippen molar-refractivity contribution in [2.45, 2.75) is 39.0 Å². The Hall–Kier alpha value is -0.780. The van der Waals surface area contributed by atoms with Gasteiger partial charge in [0.05, 0.1) is 5.69 Å². The number of benzene rings is 1. The van der Waals surface area contributed by atoms with E-state index in [0.29, 0.717) is 5.75 Å². The Labute approximate surface area is 157 Å². The van der Waals surface area contributed by atoms with E-state index in [1.165, 1.54) is 24.0 Å². The molecule has 0 bridgehead atoms. The summed E-state index contributed by atoms with van der Waals surface area (Å²) in [5, 5.41) is 14.2. The summed E-state index contributed by atoms with van der Waals surface area (Å²) in [6.07, 6.45) is 5.73. The molecule has 0 spiro atoms. The summed E-state index contributed by atoms with van der Waals surface area (Å²) < 4.78 is 0. The SMILES string of the molecule is Br.CCCN(CCN1CCNCC1)c1ccc2c(c1O)CCCC2. The van der Waals surface area contributed by atoms with Crippen molar-refractivity contribution < 1.29 is 5.11 Å². The maximum atomic E-state index is 10.8. The third-order valence-corrected chi connectivity index (χ3v) is 5.21. The van der Waals surface area contributed by atoms with Gasteiger partial charge in [0.2, 0.25) is 0 Å². The van der Waals surface area contributed by atoms with Crippen molar-refractivity contribution >= 4 is 22.7 Å². The summed E-state index contributed by atoms with van der Waals surface area (Å²) in [6.45, 7) is 9.77. The highest BCUT2D eigenvalue weighted by atomic mass is 79.9. The maximum Gasteiger partial charge on any atom is 0.142 e. The molecule has 1 aromatic carbocycles. The number of piperazine rings is 1.